The molecule has 3 aliphatic rings. The molecule has 0 amide bonds. The van der Waals surface area contributed by atoms with Crippen LogP contribution in [0.15, 0.2) is 46.5 Å². The zero-order valence-corrected chi connectivity index (χ0v) is 21.5. The molecule has 2 aliphatic carbocycles. The molecule has 3 fully saturated rings. The summed E-state index contributed by atoms with van der Waals surface area (Å²) in [6.45, 7) is 4.62. The highest BCUT2D eigenvalue weighted by Crippen LogP contribution is 2.48. The molecule has 3 heterocycles. The van der Waals surface area contributed by atoms with E-state index in [1.807, 2.05) is 31.2 Å². The summed E-state index contributed by atoms with van der Waals surface area (Å²) < 4.78 is 11.1. The first-order valence-corrected chi connectivity index (χ1v) is 13.3. The molecular weight excluding hydrogens is 492 g/mol. The number of anilines is 3. The average Bonchev–Trinajstić information content (AvgIpc) is 3.76. The monoisotopic (exact) mass is 520 g/mol. The van der Waals surface area contributed by atoms with Gasteiger partial charge in [-0.1, -0.05) is 0 Å². The molecular formula is C26H28N6O4S. The van der Waals surface area contributed by atoms with Crippen molar-refractivity contribution >= 4 is 41.2 Å². The summed E-state index contributed by atoms with van der Waals surface area (Å²) in [6.07, 6.45) is 4.13. The van der Waals surface area contributed by atoms with Crippen LogP contribution >= 0.6 is 11.8 Å². The van der Waals surface area contributed by atoms with Crippen LogP contribution in [0.1, 0.15) is 48.7 Å². The smallest absolute Gasteiger partial charge is 0.338 e. The second-order valence-corrected chi connectivity index (χ2v) is 11.0. The molecule has 0 spiro atoms. The van der Waals surface area contributed by atoms with Crippen molar-refractivity contribution in [2.24, 2.45) is 5.92 Å². The molecule has 2 N–H and O–H groups in total. The number of nitrogens with one attached hydrogen (secondary N) is 2. The number of hydrogen-bond acceptors (Lipinski definition) is 10. The van der Waals surface area contributed by atoms with E-state index in [1.54, 1.807) is 12.1 Å². The van der Waals surface area contributed by atoms with Gasteiger partial charge in [-0.15, -0.1) is 0 Å². The van der Waals surface area contributed by atoms with E-state index in [1.165, 1.54) is 18.7 Å². The lowest BCUT2D eigenvalue weighted by Gasteiger charge is -2.50. The first-order valence-electron chi connectivity index (χ1n) is 12.5. The van der Waals surface area contributed by atoms with Gasteiger partial charge < -0.3 is 19.7 Å². The molecule has 192 valence electrons. The molecule has 1 aliphatic heterocycles. The normalized spacial score (nSPS) is 18.2. The van der Waals surface area contributed by atoms with Crippen LogP contribution < -0.4 is 10.2 Å². The molecule has 3 aromatic rings. The third-order valence-electron chi connectivity index (χ3n) is 6.66. The molecule has 2 aromatic heterocycles. The summed E-state index contributed by atoms with van der Waals surface area (Å²) in [6, 6.07) is 11.1. The van der Waals surface area contributed by atoms with E-state index in [0.29, 0.717) is 41.4 Å². The Morgan fingerprint density at radius 3 is 2.46 bits per heavy atom. The van der Waals surface area contributed by atoms with E-state index in [9.17, 15) is 9.59 Å². The molecule has 37 heavy (non-hydrogen) atoms. The molecule has 0 radical (unpaired) electrons. The van der Waals surface area contributed by atoms with Crippen molar-refractivity contribution in [3.8, 4) is 0 Å². The summed E-state index contributed by atoms with van der Waals surface area (Å²) in [5.74, 6) is 1.90. The van der Waals surface area contributed by atoms with Crippen molar-refractivity contribution in [3.05, 3.63) is 47.7 Å². The number of aryl methyl sites for hydroxylation is 1. The zero-order chi connectivity index (χ0) is 25.6. The molecule has 2 saturated carbocycles. The molecule has 6 rings (SSSR count). The average molecular weight is 521 g/mol. The van der Waals surface area contributed by atoms with Gasteiger partial charge in [0, 0.05) is 35.6 Å². The van der Waals surface area contributed by atoms with Gasteiger partial charge in [0.1, 0.15) is 23.3 Å². The van der Waals surface area contributed by atoms with E-state index in [2.05, 4.69) is 20.4 Å². The number of benzene rings is 1. The van der Waals surface area contributed by atoms with Crippen LogP contribution in [-0.4, -0.2) is 56.9 Å². The number of H-pyrrole nitrogens is 1. The minimum Gasteiger partial charge on any atom is -0.459 e. The Kier molecular flexibility index (Phi) is 6.02. The highest BCUT2D eigenvalue weighted by Gasteiger charge is 2.56. The Morgan fingerprint density at radius 2 is 1.84 bits per heavy atom. The van der Waals surface area contributed by atoms with E-state index in [-0.39, 0.29) is 18.0 Å². The summed E-state index contributed by atoms with van der Waals surface area (Å²) >= 11 is 1.40. The van der Waals surface area contributed by atoms with Crippen LogP contribution in [0.3, 0.4) is 0 Å². The highest BCUT2D eigenvalue weighted by atomic mass is 32.2. The fourth-order valence-corrected chi connectivity index (χ4v) is 5.30. The van der Waals surface area contributed by atoms with Gasteiger partial charge >= 0.3 is 11.9 Å². The maximum atomic E-state index is 12.2. The number of carbonyl (C=O) groups excluding carboxylic acids is 2. The van der Waals surface area contributed by atoms with Gasteiger partial charge in [0.05, 0.1) is 18.7 Å². The van der Waals surface area contributed by atoms with Crippen LogP contribution in [0.5, 0.6) is 0 Å². The fourth-order valence-electron chi connectivity index (χ4n) is 4.53. The van der Waals surface area contributed by atoms with Gasteiger partial charge in [0.25, 0.3) is 0 Å². The number of esters is 2. The Labute approximate surface area is 218 Å². The van der Waals surface area contributed by atoms with Gasteiger partial charge in [0.2, 0.25) is 0 Å². The predicted molar refractivity (Wildman–Crippen MR) is 137 cm³/mol. The van der Waals surface area contributed by atoms with Crippen molar-refractivity contribution in [1.82, 2.24) is 20.2 Å². The molecule has 11 heteroatoms. The fraction of sp³-hybridized carbons (Fsp3) is 0.423. The lowest BCUT2D eigenvalue weighted by atomic mass is 9.88. The Bertz CT molecular complexity index is 1330. The molecule has 0 bridgehead atoms. The summed E-state index contributed by atoms with van der Waals surface area (Å²) in [4.78, 5) is 36.5. The Balaban J connectivity index is 1.22. The number of aromatic amines is 1. The first kappa shape index (κ1) is 23.8. The van der Waals surface area contributed by atoms with Gasteiger partial charge in [0.15, 0.2) is 11.0 Å². The van der Waals surface area contributed by atoms with Gasteiger partial charge in [-0.2, -0.15) is 5.10 Å². The van der Waals surface area contributed by atoms with Crippen LogP contribution in [0.4, 0.5) is 17.5 Å². The Hall–Kier alpha value is -3.60. The largest absolute Gasteiger partial charge is 0.459 e. The summed E-state index contributed by atoms with van der Waals surface area (Å²) in [5.41, 5.74) is 1.04. The molecule has 0 atom stereocenters. The number of hydrogen-bond donors (Lipinski definition) is 2. The second-order valence-electron chi connectivity index (χ2n) is 9.98. The second kappa shape index (κ2) is 9.37. The van der Waals surface area contributed by atoms with Crippen LogP contribution in [0, 0.1) is 12.8 Å². The quantitative estimate of drug-likeness (QED) is 0.313. The van der Waals surface area contributed by atoms with Crippen LogP contribution in [-0.2, 0) is 14.3 Å². The topological polar surface area (TPSA) is 122 Å². The van der Waals surface area contributed by atoms with Gasteiger partial charge in [-0.3, -0.25) is 9.89 Å². The SMILES string of the molecule is CC(=O)OC1(C2CC2)CN(c2cc(Nc3cc(C)[nH]n3)nc(Sc3ccc(C(=O)OC4CC4)cc3)n2)C1. The lowest BCUT2D eigenvalue weighted by Crippen LogP contribution is -2.65. The zero-order valence-electron chi connectivity index (χ0n) is 20.7. The van der Waals surface area contributed by atoms with Crippen molar-refractivity contribution in [1.29, 1.82) is 0 Å². The number of nitrogens with zero attached hydrogens (tertiary/aromatic N) is 4. The summed E-state index contributed by atoms with van der Waals surface area (Å²) in [7, 11) is 0. The minimum atomic E-state index is -0.429. The van der Waals surface area contributed by atoms with Crippen LogP contribution in [0.2, 0.25) is 0 Å². The molecule has 1 saturated heterocycles. The first-order chi connectivity index (χ1) is 17.8. The van der Waals surface area contributed by atoms with E-state index >= 15 is 0 Å². The third-order valence-corrected chi connectivity index (χ3v) is 7.53. The van der Waals surface area contributed by atoms with Crippen molar-refractivity contribution < 1.29 is 19.1 Å². The maximum absolute atomic E-state index is 12.2. The van der Waals surface area contributed by atoms with E-state index in [4.69, 9.17) is 19.4 Å². The predicted octanol–water partition coefficient (Wildman–Crippen LogP) is 4.25. The number of rotatable bonds is 9. The molecule has 0 unspecified atom stereocenters. The van der Waals surface area contributed by atoms with E-state index < -0.39 is 5.60 Å². The van der Waals surface area contributed by atoms with E-state index in [0.717, 1.165) is 42.1 Å². The third kappa shape index (κ3) is 5.41. The lowest BCUT2D eigenvalue weighted by molar-refractivity contribution is -0.162. The highest BCUT2D eigenvalue weighted by molar-refractivity contribution is 7.99. The molecule has 10 nitrogen and oxygen atoms in total. The van der Waals surface area contributed by atoms with Crippen molar-refractivity contribution in [2.45, 2.75) is 61.3 Å². The summed E-state index contributed by atoms with van der Waals surface area (Å²) in [5, 5.41) is 11.0. The molecule has 1 aromatic carbocycles. The van der Waals surface area contributed by atoms with Gasteiger partial charge in [-0.05, 0) is 68.6 Å². The maximum Gasteiger partial charge on any atom is 0.338 e. The van der Waals surface area contributed by atoms with Crippen molar-refractivity contribution in [3.63, 3.8) is 0 Å². The number of carbonyl (C=O) groups is 2. The Morgan fingerprint density at radius 1 is 1.08 bits per heavy atom. The van der Waals surface area contributed by atoms with Crippen LogP contribution in [0.25, 0.3) is 0 Å². The number of aromatic nitrogens is 4. The van der Waals surface area contributed by atoms with Crippen molar-refractivity contribution in [2.75, 3.05) is 23.3 Å². The number of ether oxygens (including phenoxy) is 2. The standard InChI is InChI=1S/C26H28N6O4S/c1-15-11-22(31-30-15)27-21-12-23(32-13-26(14-32,18-5-6-18)36-16(2)33)29-25(28-21)37-20-9-3-17(4-10-20)24(34)35-19-7-8-19/h3-4,9-12,18-19H,5-8,13-14H2,1-2H3,(H2,27,28,29,30,31). The van der Waals surface area contributed by atoms with Gasteiger partial charge in [-0.25, -0.2) is 14.8 Å². The minimum absolute atomic E-state index is 0.0721.